The molecule has 0 spiro atoms. The third-order valence-corrected chi connectivity index (χ3v) is 12.7. The third-order valence-electron chi connectivity index (χ3n) is 12.7. The maximum Gasteiger partial charge on any atom is 0.306 e. The van der Waals surface area contributed by atoms with Gasteiger partial charge in [0.05, 0.1) is 19.8 Å². The Hall–Kier alpha value is -1.76. The van der Waals surface area contributed by atoms with Gasteiger partial charge >= 0.3 is 11.9 Å². The maximum atomic E-state index is 13.0. The number of hydrogen-bond donors (Lipinski definition) is 7. The number of rotatable bonds is 41. The molecule has 2 heterocycles. The number of esters is 2. The van der Waals surface area contributed by atoms with E-state index < -0.39 is 92.7 Å². The van der Waals surface area contributed by atoms with Crippen molar-refractivity contribution in [1.29, 1.82) is 0 Å². The molecule has 11 unspecified atom stereocenters. The quantitative estimate of drug-likeness (QED) is 0.0180. The van der Waals surface area contributed by atoms with Crippen LogP contribution in [-0.4, -0.2) is 142 Å². The van der Waals surface area contributed by atoms with Crippen LogP contribution >= 0.6 is 0 Å². The molecule has 2 fully saturated rings. The van der Waals surface area contributed by atoms with E-state index in [2.05, 4.69) is 26.0 Å². The Bertz CT molecular complexity index is 1210. The number of hydrogen-bond acceptors (Lipinski definition) is 15. The van der Waals surface area contributed by atoms with E-state index >= 15 is 0 Å². The van der Waals surface area contributed by atoms with Crippen LogP contribution in [0.5, 0.6) is 0 Å². The average Bonchev–Trinajstić information content (AvgIpc) is 3.31. The predicted octanol–water partition coefficient (Wildman–Crippen LogP) is 7.38. The van der Waals surface area contributed by atoms with Gasteiger partial charge in [0, 0.05) is 12.8 Å². The third kappa shape index (κ3) is 26.8. The molecule has 0 bridgehead atoms. The molecule has 2 saturated heterocycles. The minimum Gasteiger partial charge on any atom is -0.462 e. The topological polar surface area (TPSA) is 231 Å². The predicted molar refractivity (Wildman–Crippen MR) is 252 cm³/mol. The summed E-state index contributed by atoms with van der Waals surface area (Å²) in [5.74, 6) is -0.921. The van der Waals surface area contributed by atoms with Gasteiger partial charge in [0.1, 0.15) is 55.4 Å². The van der Waals surface area contributed by atoms with E-state index in [4.69, 9.17) is 28.4 Å². The zero-order valence-electron chi connectivity index (χ0n) is 40.9. The van der Waals surface area contributed by atoms with E-state index in [0.717, 1.165) is 51.4 Å². The van der Waals surface area contributed by atoms with Crippen LogP contribution in [0, 0.1) is 0 Å². The molecule has 7 N–H and O–H groups in total. The molecule has 0 amide bonds. The number of ether oxygens (including phenoxy) is 6. The van der Waals surface area contributed by atoms with Crippen LogP contribution in [0.1, 0.15) is 206 Å². The first kappa shape index (κ1) is 60.4. The minimum atomic E-state index is -1.76. The average molecular weight is 947 g/mol. The molecule has 11 atom stereocenters. The Morgan fingerprint density at radius 1 is 0.470 bits per heavy atom. The molecule has 0 saturated carbocycles. The number of aliphatic hydroxyl groups excluding tert-OH is 7. The summed E-state index contributed by atoms with van der Waals surface area (Å²) in [6.45, 7) is 2.60. The molecule has 0 aromatic carbocycles. The standard InChI is InChI=1S/C51H94O15/c1-3-5-7-9-11-13-15-17-18-19-20-21-22-24-26-28-30-32-34-43(54)64-39(36-61-42(53)33-31-29-27-25-23-16-14-12-10-8-6-4-2)37-62-50-49(60)47(58)45(56)41(66-50)38-63-51-48(59)46(57)44(55)40(35-52)65-51/h18-19,39-41,44-52,55-60H,3-17,20-38H2,1-2H3/b19-18-. The van der Waals surface area contributed by atoms with Gasteiger partial charge in [-0.3, -0.25) is 9.59 Å². The Labute approximate surface area is 397 Å². The van der Waals surface area contributed by atoms with Crippen LogP contribution in [0.3, 0.4) is 0 Å². The molecular weight excluding hydrogens is 853 g/mol. The highest BCUT2D eigenvalue weighted by molar-refractivity contribution is 5.70. The van der Waals surface area contributed by atoms with Crippen LogP contribution in [0.4, 0.5) is 0 Å². The molecule has 2 rings (SSSR count). The molecule has 15 heteroatoms. The number of carbonyl (C=O) groups excluding carboxylic acids is 2. The lowest BCUT2D eigenvalue weighted by atomic mass is 9.98. The van der Waals surface area contributed by atoms with Crippen molar-refractivity contribution < 1.29 is 73.8 Å². The van der Waals surface area contributed by atoms with Crippen LogP contribution in [0.2, 0.25) is 0 Å². The van der Waals surface area contributed by atoms with E-state index in [-0.39, 0.29) is 26.1 Å². The van der Waals surface area contributed by atoms with Gasteiger partial charge in [0.15, 0.2) is 18.7 Å². The number of aliphatic hydroxyl groups is 7. The summed E-state index contributed by atoms with van der Waals surface area (Å²) in [5.41, 5.74) is 0. The van der Waals surface area contributed by atoms with E-state index in [1.165, 1.54) is 116 Å². The molecular formula is C51H94O15. The highest BCUT2D eigenvalue weighted by atomic mass is 16.7. The van der Waals surface area contributed by atoms with Crippen molar-refractivity contribution in [3.63, 3.8) is 0 Å². The van der Waals surface area contributed by atoms with Gasteiger partial charge < -0.3 is 64.2 Å². The van der Waals surface area contributed by atoms with E-state index in [1.54, 1.807) is 0 Å². The summed E-state index contributed by atoms with van der Waals surface area (Å²) in [4.78, 5) is 25.7. The fraction of sp³-hybridized carbons (Fsp3) is 0.922. The van der Waals surface area contributed by atoms with E-state index in [9.17, 15) is 45.3 Å². The van der Waals surface area contributed by atoms with Gasteiger partial charge in [-0.05, 0) is 38.5 Å². The number of allylic oxidation sites excluding steroid dienone is 2. The Morgan fingerprint density at radius 2 is 0.864 bits per heavy atom. The fourth-order valence-corrected chi connectivity index (χ4v) is 8.39. The van der Waals surface area contributed by atoms with Crippen molar-refractivity contribution in [2.75, 3.05) is 26.4 Å². The molecule has 388 valence electrons. The molecule has 66 heavy (non-hydrogen) atoms. The molecule has 2 aliphatic rings. The Balaban J connectivity index is 1.79. The van der Waals surface area contributed by atoms with Gasteiger partial charge in [-0.25, -0.2) is 0 Å². The first-order valence-electron chi connectivity index (χ1n) is 26.3. The molecule has 0 aromatic rings. The largest absolute Gasteiger partial charge is 0.462 e. The van der Waals surface area contributed by atoms with Crippen molar-refractivity contribution in [3.05, 3.63) is 12.2 Å². The summed E-state index contributed by atoms with van der Waals surface area (Å²) < 4.78 is 33.6. The van der Waals surface area contributed by atoms with Crippen LogP contribution in [-0.2, 0) is 38.0 Å². The van der Waals surface area contributed by atoms with Crippen LogP contribution < -0.4 is 0 Å². The first-order chi connectivity index (χ1) is 32.0. The minimum absolute atomic E-state index is 0.164. The summed E-state index contributed by atoms with van der Waals surface area (Å²) >= 11 is 0. The van der Waals surface area contributed by atoms with Gasteiger partial charge in [0.25, 0.3) is 0 Å². The SMILES string of the molecule is CCCCCCCCC/C=C\CCCCCCCCCC(=O)OC(COC(=O)CCCCCCCCCCCCCC)COC1OC(COC2OC(CO)C(O)C(O)C2O)C(O)C(O)C1O. The van der Waals surface area contributed by atoms with Crippen LogP contribution in [0.15, 0.2) is 12.2 Å². The summed E-state index contributed by atoms with van der Waals surface area (Å²) in [7, 11) is 0. The van der Waals surface area contributed by atoms with Crippen molar-refractivity contribution in [3.8, 4) is 0 Å². The van der Waals surface area contributed by atoms with Gasteiger partial charge in [-0.15, -0.1) is 0 Å². The summed E-state index contributed by atoms with van der Waals surface area (Å²) in [5, 5.41) is 72.1. The monoisotopic (exact) mass is 947 g/mol. The van der Waals surface area contributed by atoms with E-state index in [0.29, 0.717) is 12.8 Å². The lowest BCUT2D eigenvalue weighted by molar-refractivity contribution is -0.332. The van der Waals surface area contributed by atoms with Gasteiger partial charge in [0.2, 0.25) is 0 Å². The highest BCUT2D eigenvalue weighted by Crippen LogP contribution is 2.26. The van der Waals surface area contributed by atoms with Gasteiger partial charge in [-0.1, -0.05) is 167 Å². The normalized spacial score (nSPS) is 26.2. The second kappa shape index (κ2) is 39.0. The molecule has 0 aromatic heterocycles. The smallest absolute Gasteiger partial charge is 0.306 e. The zero-order chi connectivity index (χ0) is 48.2. The summed E-state index contributed by atoms with van der Waals surface area (Å²) in [6, 6.07) is 0. The molecule has 2 aliphatic heterocycles. The lowest BCUT2D eigenvalue weighted by Gasteiger charge is -2.42. The Morgan fingerprint density at radius 3 is 1.33 bits per heavy atom. The Kier molecular flexibility index (Phi) is 35.7. The summed E-state index contributed by atoms with van der Waals surface area (Å²) in [6.07, 6.45) is 21.0. The second-order valence-corrected chi connectivity index (χ2v) is 18.7. The zero-order valence-corrected chi connectivity index (χ0v) is 40.9. The number of unbranched alkanes of at least 4 members (excludes halogenated alkanes) is 25. The molecule has 0 aliphatic carbocycles. The van der Waals surface area contributed by atoms with Crippen molar-refractivity contribution in [2.24, 2.45) is 0 Å². The van der Waals surface area contributed by atoms with E-state index in [1.807, 2.05) is 0 Å². The van der Waals surface area contributed by atoms with Crippen molar-refractivity contribution >= 4 is 11.9 Å². The number of carbonyl (C=O) groups is 2. The van der Waals surface area contributed by atoms with Crippen molar-refractivity contribution in [2.45, 2.75) is 274 Å². The molecule has 15 nitrogen and oxygen atoms in total. The maximum absolute atomic E-state index is 13.0. The van der Waals surface area contributed by atoms with Gasteiger partial charge in [-0.2, -0.15) is 0 Å². The van der Waals surface area contributed by atoms with Crippen molar-refractivity contribution in [1.82, 2.24) is 0 Å². The van der Waals surface area contributed by atoms with Crippen LogP contribution in [0.25, 0.3) is 0 Å². The second-order valence-electron chi connectivity index (χ2n) is 18.7. The highest BCUT2D eigenvalue weighted by Gasteiger charge is 2.47. The lowest BCUT2D eigenvalue weighted by Crippen LogP contribution is -2.61. The fourth-order valence-electron chi connectivity index (χ4n) is 8.39. The molecule has 0 radical (unpaired) electrons. The first-order valence-corrected chi connectivity index (χ1v) is 26.3.